The molecule has 0 saturated carbocycles. The second kappa shape index (κ2) is 6.23. The van der Waals surface area contributed by atoms with Crippen molar-refractivity contribution in [1.82, 2.24) is 5.32 Å². The largest absolute Gasteiger partial charge is 0.309 e. The molecule has 0 heterocycles. The average Bonchev–Trinajstić information content (AvgIpc) is 2.36. The Bertz CT molecular complexity index is 604. The standard InChI is InChI=1S/C14H11BrCl2FN/c1-19-14(10-4-2-8(15)6-13(10)18)11-7-9(16)3-5-12(11)17/h2-7,14,19H,1H3. The zero-order valence-corrected chi connectivity index (χ0v) is 13.2. The lowest BCUT2D eigenvalue weighted by atomic mass is 9.98. The maximum absolute atomic E-state index is 14.1. The van der Waals surface area contributed by atoms with Gasteiger partial charge in [0.05, 0.1) is 6.04 Å². The monoisotopic (exact) mass is 361 g/mol. The van der Waals surface area contributed by atoms with Gasteiger partial charge in [0.1, 0.15) is 5.82 Å². The van der Waals surface area contributed by atoms with Crippen molar-refractivity contribution in [2.75, 3.05) is 7.05 Å². The van der Waals surface area contributed by atoms with Gasteiger partial charge in [-0.2, -0.15) is 0 Å². The van der Waals surface area contributed by atoms with Crippen LogP contribution in [0.2, 0.25) is 10.0 Å². The number of rotatable bonds is 3. The van der Waals surface area contributed by atoms with E-state index in [1.54, 1.807) is 37.4 Å². The van der Waals surface area contributed by atoms with Crippen molar-refractivity contribution in [3.05, 3.63) is 67.9 Å². The first-order chi connectivity index (χ1) is 9.02. The normalized spacial score (nSPS) is 12.5. The summed E-state index contributed by atoms with van der Waals surface area (Å²) in [4.78, 5) is 0. The van der Waals surface area contributed by atoms with Gasteiger partial charge in [0.25, 0.3) is 0 Å². The van der Waals surface area contributed by atoms with Crippen LogP contribution in [0.1, 0.15) is 17.2 Å². The average molecular weight is 363 g/mol. The Morgan fingerprint density at radius 1 is 1.11 bits per heavy atom. The molecule has 5 heteroatoms. The van der Waals surface area contributed by atoms with E-state index < -0.39 is 0 Å². The van der Waals surface area contributed by atoms with Crippen molar-refractivity contribution < 1.29 is 4.39 Å². The van der Waals surface area contributed by atoms with E-state index in [9.17, 15) is 4.39 Å². The second-order valence-electron chi connectivity index (χ2n) is 4.05. The first kappa shape index (κ1) is 14.8. The van der Waals surface area contributed by atoms with Gasteiger partial charge < -0.3 is 5.32 Å². The lowest BCUT2D eigenvalue weighted by molar-refractivity contribution is 0.575. The smallest absolute Gasteiger partial charge is 0.129 e. The Labute approximate surface area is 129 Å². The van der Waals surface area contributed by atoms with Gasteiger partial charge >= 0.3 is 0 Å². The van der Waals surface area contributed by atoms with Crippen LogP contribution in [0.15, 0.2) is 40.9 Å². The van der Waals surface area contributed by atoms with Crippen LogP contribution in [-0.2, 0) is 0 Å². The predicted molar refractivity (Wildman–Crippen MR) is 81.5 cm³/mol. The van der Waals surface area contributed by atoms with Gasteiger partial charge in [-0.05, 0) is 42.9 Å². The van der Waals surface area contributed by atoms with Crippen molar-refractivity contribution in [1.29, 1.82) is 0 Å². The molecule has 2 aromatic carbocycles. The first-order valence-corrected chi connectivity index (χ1v) is 7.15. The van der Waals surface area contributed by atoms with Crippen LogP contribution in [0.25, 0.3) is 0 Å². The molecule has 1 atom stereocenters. The molecule has 1 unspecified atom stereocenters. The van der Waals surface area contributed by atoms with E-state index in [2.05, 4.69) is 21.2 Å². The molecule has 19 heavy (non-hydrogen) atoms. The highest BCUT2D eigenvalue weighted by molar-refractivity contribution is 9.10. The minimum atomic E-state index is -0.348. The predicted octanol–water partition coefficient (Wildman–Crippen LogP) is 5.20. The van der Waals surface area contributed by atoms with Crippen LogP contribution in [-0.4, -0.2) is 7.05 Å². The maximum atomic E-state index is 14.1. The third-order valence-corrected chi connectivity index (χ3v) is 3.90. The van der Waals surface area contributed by atoms with Gasteiger partial charge in [0.2, 0.25) is 0 Å². The fourth-order valence-corrected chi connectivity index (χ4v) is 2.69. The summed E-state index contributed by atoms with van der Waals surface area (Å²) in [5, 5.41) is 4.18. The molecule has 1 N–H and O–H groups in total. The highest BCUT2D eigenvalue weighted by Crippen LogP contribution is 2.32. The fourth-order valence-electron chi connectivity index (χ4n) is 1.95. The second-order valence-corrected chi connectivity index (χ2v) is 5.81. The van der Waals surface area contributed by atoms with Crippen molar-refractivity contribution in [3.63, 3.8) is 0 Å². The van der Waals surface area contributed by atoms with Crippen molar-refractivity contribution in [2.45, 2.75) is 6.04 Å². The van der Waals surface area contributed by atoms with Crippen LogP contribution in [0.4, 0.5) is 4.39 Å². The summed E-state index contributed by atoms with van der Waals surface area (Å²) in [7, 11) is 1.75. The molecule has 1 nitrogen and oxygen atoms in total. The van der Waals surface area contributed by atoms with Gasteiger partial charge in [0, 0.05) is 20.1 Å². The van der Waals surface area contributed by atoms with Crippen LogP contribution in [0, 0.1) is 5.82 Å². The lowest BCUT2D eigenvalue weighted by Crippen LogP contribution is -2.19. The zero-order valence-electron chi connectivity index (χ0n) is 10.1. The number of hydrogen-bond acceptors (Lipinski definition) is 1. The molecule has 0 aliphatic heterocycles. The zero-order chi connectivity index (χ0) is 14.0. The lowest BCUT2D eigenvalue weighted by Gasteiger charge is -2.19. The van der Waals surface area contributed by atoms with Gasteiger partial charge in [-0.25, -0.2) is 4.39 Å². The maximum Gasteiger partial charge on any atom is 0.129 e. The van der Waals surface area contributed by atoms with Crippen LogP contribution in [0.3, 0.4) is 0 Å². The molecule has 0 aliphatic rings. The molecular formula is C14H11BrCl2FN. The third kappa shape index (κ3) is 3.29. The van der Waals surface area contributed by atoms with Gasteiger partial charge in [-0.15, -0.1) is 0 Å². The Hall–Kier alpha value is -0.610. The van der Waals surface area contributed by atoms with Gasteiger partial charge in [-0.3, -0.25) is 0 Å². The Morgan fingerprint density at radius 2 is 1.84 bits per heavy atom. The van der Waals surface area contributed by atoms with Crippen LogP contribution < -0.4 is 5.32 Å². The van der Waals surface area contributed by atoms with Crippen LogP contribution in [0.5, 0.6) is 0 Å². The number of nitrogens with one attached hydrogen (secondary N) is 1. The van der Waals surface area contributed by atoms with Gasteiger partial charge in [-0.1, -0.05) is 45.2 Å². The molecule has 0 aromatic heterocycles. The van der Waals surface area contributed by atoms with Crippen molar-refractivity contribution in [2.24, 2.45) is 0 Å². The molecule has 0 radical (unpaired) electrons. The SMILES string of the molecule is CNC(c1ccc(Br)cc1F)c1cc(Cl)ccc1Cl. The third-order valence-electron chi connectivity index (χ3n) is 2.83. The van der Waals surface area contributed by atoms with E-state index in [1.807, 2.05) is 0 Å². The molecule has 0 fully saturated rings. The topological polar surface area (TPSA) is 12.0 Å². The Kier molecular flexibility index (Phi) is 4.85. The Balaban J connectivity index is 2.52. The van der Waals surface area contributed by atoms with E-state index in [-0.39, 0.29) is 11.9 Å². The van der Waals surface area contributed by atoms with E-state index >= 15 is 0 Å². The molecule has 100 valence electrons. The minimum Gasteiger partial charge on any atom is -0.309 e. The summed E-state index contributed by atoms with van der Waals surface area (Å²) < 4.78 is 14.8. The van der Waals surface area contributed by atoms with Crippen LogP contribution >= 0.6 is 39.1 Å². The highest BCUT2D eigenvalue weighted by Gasteiger charge is 2.19. The molecule has 0 aliphatic carbocycles. The molecule has 0 saturated heterocycles. The summed E-state index contributed by atoms with van der Waals surface area (Å²) in [6, 6.07) is 9.75. The van der Waals surface area contributed by atoms with E-state index in [1.165, 1.54) is 6.07 Å². The number of benzene rings is 2. The molecule has 0 spiro atoms. The molecule has 0 bridgehead atoms. The van der Waals surface area contributed by atoms with E-state index in [0.717, 1.165) is 5.56 Å². The molecule has 2 rings (SSSR count). The van der Waals surface area contributed by atoms with E-state index in [4.69, 9.17) is 23.2 Å². The van der Waals surface area contributed by atoms with Crippen molar-refractivity contribution in [3.8, 4) is 0 Å². The highest BCUT2D eigenvalue weighted by atomic mass is 79.9. The van der Waals surface area contributed by atoms with Gasteiger partial charge in [0.15, 0.2) is 0 Å². The number of hydrogen-bond donors (Lipinski definition) is 1. The minimum absolute atomic E-state index is 0.301. The number of halogens is 4. The Morgan fingerprint density at radius 3 is 2.47 bits per heavy atom. The fraction of sp³-hybridized carbons (Fsp3) is 0.143. The summed E-state index contributed by atoms with van der Waals surface area (Å²) in [5.41, 5.74) is 1.27. The summed E-state index contributed by atoms with van der Waals surface area (Å²) in [6.07, 6.45) is 0. The van der Waals surface area contributed by atoms with Crippen molar-refractivity contribution >= 4 is 39.1 Å². The molecular weight excluding hydrogens is 352 g/mol. The molecule has 2 aromatic rings. The van der Waals surface area contributed by atoms with E-state index in [0.29, 0.717) is 20.1 Å². The summed E-state index contributed by atoms with van der Waals surface area (Å²) >= 11 is 15.4. The summed E-state index contributed by atoms with van der Waals surface area (Å²) in [6.45, 7) is 0. The quantitative estimate of drug-likeness (QED) is 0.790. The summed E-state index contributed by atoms with van der Waals surface area (Å²) in [5.74, 6) is -0.301. The molecule has 0 amide bonds. The first-order valence-electron chi connectivity index (χ1n) is 5.60.